The zero-order chi connectivity index (χ0) is 19.3. The number of carbonyl (C=O) groups is 1. The van der Waals surface area contributed by atoms with E-state index in [1.165, 1.54) is 30.7 Å². The van der Waals surface area contributed by atoms with Crippen LogP contribution < -0.4 is 0 Å². The Kier molecular flexibility index (Phi) is 8.62. The summed E-state index contributed by atoms with van der Waals surface area (Å²) >= 11 is 0. The van der Waals surface area contributed by atoms with Crippen LogP contribution in [0.25, 0.3) is 0 Å². The van der Waals surface area contributed by atoms with Crippen LogP contribution in [0.3, 0.4) is 0 Å². The molecule has 0 saturated heterocycles. The highest BCUT2D eigenvalue weighted by atomic mass is 28.3. The second-order valence-electron chi connectivity index (χ2n) is 9.36. The first kappa shape index (κ1) is 22.6. The third-order valence-electron chi connectivity index (χ3n) is 6.57. The van der Waals surface area contributed by atoms with Crippen molar-refractivity contribution in [2.75, 3.05) is 20.8 Å². The van der Waals surface area contributed by atoms with Gasteiger partial charge in [0.15, 0.2) is 9.04 Å². The van der Waals surface area contributed by atoms with Gasteiger partial charge in [-0.2, -0.15) is 0 Å². The van der Waals surface area contributed by atoms with Crippen molar-refractivity contribution in [3.05, 3.63) is 0 Å². The third kappa shape index (κ3) is 6.37. The van der Waals surface area contributed by atoms with Gasteiger partial charge in [-0.3, -0.25) is 9.63 Å². The Bertz CT molecular complexity index is 414. The summed E-state index contributed by atoms with van der Waals surface area (Å²) in [6, 6.07) is 0. The van der Waals surface area contributed by atoms with E-state index in [1.54, 1.807) is 14.2 Å². The monoisotopic (exact) mass is 371 g/mol. The van der Waals surface area contributed by atoms with E-state index in [-0.39, 0.29) is 16.7 Å². The highest BCUT2D eigenvalue weighted by molar-refractivity contribution is 6.48. The Morgan fingerprint density at radius 2 is 1.68 bits per heavy atom. The Morgan fingerprint density at radius 3 is 2.12 bits per heavy atom. The van der Waals surface area contributed by atoms with Gasteiger partial charge in [-0.1, -0.05) is 40.5 Å². The number of hydrogen-bond acceptors (Lipinski definition) is 3. The van der Waals surface area contributed by atoms with Gasteiger partial charge in [0, 0.05) is 20.1 Å². The molecule has 1 aliphatic carbocycles. The van der Waals surface area contributed by atoms with Crippen LogP contribution in [0.4, 0.5) is 0 Å². The average molecular weight is 372 g/mol. The summed E-state index contributed by atoms with van der Waals surface area (Å²) in [5, 5.41) is 1.34. The molecule has 25 heavy (non-hydrogen) atoms. The van der Waals surface area contributed by atoms with Gasteiger partial charge in [0.2, 0.25) is 5.91 Å². The Morgan fingerprint density at radius 1 is 1.12 bits per heavy atom. The molecular weight excluding hydrogens is 330 g/mol. The number of hydrogen-bond donors (Lipinski definition) is 0. The molecule has 1 rings (SSSR count). The predicted octanol–water partition coefficient (Wildman–Crippen LogP) is 4.65. The zero-order valence-corrected chi connectivity index (χ0v) is 19.0. The van der Waals surface area contributed by atoms with E-state index in [9.17, 15) is 4.79 Å². The third-order valence-corrected chi connectivity index (χ3v) is 7.40. The molecule has 5 heteroatoms. The maximum atomic E-state index is 11.9. The molecule has 1 saturated carbocycles. The Labute approximate surface area is 157 Å². The molecule has 0 aromatic carbocycles. The molecular formula is C20H41NO3Si. The molecule has 1 aliphatic rings. The largest absolute Gasteiger partial charge is 0.420 e. The van der Waals surface area contributed by atoms with E-state index in [0.717, 1.165) is 13.0 Å². The van der Waals surface area contributed by atoms with E-state index < -0.39 is 9.04 Å². The second kappa shape index (κ2) is 9.52. The van der Waals surface area contributed by atoms with E-state index in [4.69, 9.17) is 9.26 Å². The molecule has 148 valence electrons. The summed E-state index contributed by atoms with van der Waals surface area (Å²) in [5.41, 5.74) is 0.465. The minimum Gasteiger partial charge on any atom is -0.420 e. The molecule has 1 amide bonds. The van der Waals surface area contributed by atoms with Crippen molar-refractivity contribution in [3.63, 3.8) is 0 Å². The van der Waals surface area contributed by atoms with Crippen molar-refractivity contribution in [1.29, 1.82) is 0 Å². The standard InChI is InChI=1S/C20H41NO3Si/c1-19(2,3)20(4,15-24-25(7)8)17-12-9-16(10-13-17)11-14-18(22)21(5)23-6/h16-17,25H,9-15H2,1-8H3. The van der Waals surface area contributed by atoms with Crippen LogP contribution in [0.2, 0.25) is 13.1 Å². The minimum atomic E-state index is -0.999. The van der Waals surface area contributed by atoms with E-state index in [0.29, 0.717) is 18.3 Å². The minimum absolute atomic E-state index is 0.0828. The molecule has 0 heterocycles. The lowest BCUT2D eigenvalue weighted by Crippen LogP contribution is -2.45. The fourth-order valence-electron chi connectivity index (χ4n) is 3.96. The molecule has 0 radical (unpaired) electrons. The summed E-state index contributed by atoms with van der Waals surface area (Å²) in [6.07, 6.45) is 6.57. The van der Waals surface area contributed by atoms with Crippen LogP contribution in [-0.4, -0.2) is 40.8 Å². The molecule has 4 nitrogen and oxygen atoms in total. The fourth-order valence-corrected chi connectivity index (χ4v) is 4.64. The van der Waals surface area contributed by atoms with Crippen molar-refractivity contribution in [2.24, 2.45) is 22.7 Å². The first-order valence-corrected chi connectivity index (χ1v) is 12.7. The highest BCUT2D eigenvalue weighted by Gasteiger charge is 2.45. The van der Waals surface area contributed by atoms with E-state index >= 15 is 0 Å². The van der Waals surface area contributed by atoms with Gasteiger partial charge in [0.1, 0.15) is 0 Å². The molecule has 1 unspecified atom stereocenters. The molecule has 1 fully saturated rings. The van der Waals surface area contributed by atoms with Crippen molar-refractivity contribution < 1.29 is 14.1 Å². The lowest BCUT2D eigenvalue weighted by molar-refractivity contribution is -0.169. The first-order chi connectivity index (χ1) is 11.5. The van der Waals surface area contributed by atoms with Gasteiger partial charge in [-0.05, 0) is 55.0 Å². The SMILES string of the molecule is CON(C)C(=O)CCC1CCC(C(C)(CO[SiH](C)C)C(C)(C)C)CC1. The zero-order valence-electron chi connectivity index (χ0n) is 17.9. The molecule has 0 aromatic rings. The summed E-state index contributed by atoms with van der Waals surface area (Å²) < 4.78 is 6.21. The molecule has 0 N–H and O–H groups in total. The summed E-state index contributed by atoms with van der Waals surface area (Å²) in [7, 11) is 2.23. The summed E-state index contributed by atoms with van der Waals surface area (Å²) in [6.45, 7) is 14.9. The first-order valence-electron chi connectivity index (χ1n) is 9.93. The normalized spacial score (nSPS) is 24.2. The van der Waals surface area contributed by atoms with Crippen molar-refractivity contribution >= 4 is 14.9 Å². The average Bonchev–Trinajstić information content (AvgIpc) is 2.56. The van der Waals surface area contributed by atoms with Crippen LogP contribution in [0, 0.1) is 22.7 Å². The van der Waals surface area contributed by atoms with Gasteiger partial charge in [0.25, 0.3) is 0 Å². The van der Waals surface area contributed by atoms with E-state index in [2.05, 4.69) is 40.8 Å². The quantitative estimate of drug-likeness (QED) is 0.461. The number of amides is 1. The molecule has 0 aromatic heterocycles. The van der Waals surface area contributed by atoms with Crippen molar-refractivity contribution in [1.82, 2.24) is 5.06 Å². The van der Waals surface area contributed by atoms with Crippen LogP contribution in [0.5, 0.6) is 0 Å². The lowest BCUT2D eigenvalue weighted by atomic mass is 9.57. The summed E-state index contributed by atoms with van der Waals surface area (Å²) in [4.78, 5) is 16.9. The van der Waals surface area contributed by atoms with Gasteiger partial charge in [-0.15, -0.1) is 0 Å². The van der Waals surface area contributed by atoms with Crippen molar-refractivity contribution in [3.8, 4) is 0 Å². The smallest absolute Gasteiger partial charge is 0.245 e. The molecule has 0 spiro atoms. The highest BCUT2D eigenvalue weighted by Crippen LogP contribution is 2.51. The van der Waals surface area contributed by atoms with Crippen LogP contribution in [-0.2, 0) is 14.1 Å². The van der Waals surface area contributed by atoms with Crippen molar-refractivity contribution in [2.45, 2.75) is 79.3 Å². The van der Waals surface area contributed by atoms with Gasteiger partial charge in [0.05, 0.1) is 7.11 Å². The Hall–Kier alpha value is -0.393. The predicted molar refractivity (Wildman–Crippen MR) is 107 cm³/mol. The lowest BCUT2D eigenvalue weighted by Gasteiger charge is -2.50. The van der Waals surface area contributed by atoms with E-state index in [1.807, 2.05) is 0 Å². The topological polar surface area (TPSA) is 38.8 Å². The van der Waals surface area contributed by atoms with Crippen LogP contribution >= 0.6 is 0 Å². The second-order valence-corrected chi connectivity index (χ2v) is 11.8. The van der Waals surface area contributed by atoms with Gasteiger partial charge >= 0.3 is 0 Å². The number of hydroxylamine groups is 2. The summed E-state index contributed by atoms with van der Waals surface area (Å²) in [5.74, 6) is 1.48. The number of carbonyl (C=O) groups excluding carboxylic acids is 1. The molecule has 1 atom stereocenters. The molecule has 0 bridgehead atoms. The Balaban J connectivity index is 2.58. The van der Waals surface area contributed by atoms with Crippen LogP contribution in [0.1, 0.15) is 66.2 Å². The molecule has 0 aliphatic heterocycles. The van der Waals surface area contributed by atoms with Gasteiger partial charge in [-0.25, -0.2) is 5.06 Å². The maximum Gasteiger partial charge on any atom is 0.245 e. The fraction of sp³-hybridized carbons (Fsp3) is 0.950. The maximum absolute atomic E-state index is 11.9. The van der Waals surface area contributed by atoms with Crippen LogP contribution in [0.15, 0.2) is 0 Å². The van der Waals surface area contributed by atoms with Gasteiger partial charge < -0.3 is 4.43 Å². The number of nitrogens with zero attached hydrogens (tertiary/aromatic N) is 1. The number of rotatable bonds is 8.